The highest BCUT2D eigenvalue weighted by molar-refractivity contribution is 6.19. The van der Waals surface area contributed by atoms with Gasteiger partial charge in [0, 0.05) is 42.7 Å². The molecule has 0 aromatic carbocycles. The van der Waals surface area contributed by atoms with Crippen LogP contribution in [0.4, 0.5) is 5.69 Å². The molecular formula is C26H28N8O2. The van der Waals surface area contributed by atoms with Gasteiger partial charge in [-0.3, -0.25) is 19.7 Å². The molecule has 0 spiro atoms. The highest BCUT2D eigenvalue weighted by Crippen LogP contribution is 2.30. The van der Waals surface area contributed by atoms with Gasteiger partial charge in [0.25, 0.3) is 5.91 Å². The Hall–Kier alpha value is -4.60. The molecule has 0 aliphatic heterocycles. The van der Waals surface area contributed by atoms with Crippen molar-refractivity contribution in [3.05, 3.63) is 60.8 Å². The highest BCUT2D eigenvalue weighted by atomic mass is 16.2. The summed E-state index contributed by atoms with van der Waals surface area (Å²) in [5, 5.41) is 13.6. The molecule has 10 heteroatoms. The second kappa shape index (κ2) is 10.3. The minimum atomic E-state index is -0.262. The third-order valence-electron chi connectivity index (χ3n) is 5.49. The van der Waals surface area contributed by atoms with Gasteiger partial charge >= 0.3 is 0 Å². The second-order valence-electron chi connectivity index (χ2n) is 8.76. The maximum Gasteiger partial charge on any atom is 0.253 e. The molecule has 0 aliphatic rings. The molecule has 0 aliphatic carbocycles. The van der Waals surface area contributed by atoms with E-state index in [0.29, 0.717) is 40.5 Å². The number of nitrogens with one attached hydrogen (secondary N) is 4. The smallest absolute Gasteiger partial charge is 0.253 e. The number of pyridine rings is 2. The number of aryl methyl sites for hydroxylation is 1. The third-order valence-corrected chi connectivity index (χ3v) is 5.49. The van der Waals surface area contributed by atoms with E-state index in [1.807, 2.05) is 32.9 Å². The van der Waals surface area contributed by atoms with Gasteiger partial charge in [0.15, 0.2) is 11.5 Å². The van der Waals surface area contributed by atoms with Gasteiger partial charge in [-0.15, -0.1) is 0 Å². The molecular weight excluding hydrogens is 456 g/mol. The standard InChI is InChI=1S/C26H28N8O2/c1-6-7-19(26(36)27-5)22-15(4)30-25(32-22)23-20-10-17(12-29-24(20)34-33-23)16-9-18(13-28-11-16)31-21(35)8-14(2)3/h6-7,9-14H,1,8H2,2-5H3,(H,27,36)(H,30,32)(H,31,35)(H,29,33,34)/b19-7+. The molecule has 184 valence electrons. The SMILES string of the molecule is C=C/C=C(/C(=O)NC)c1nc(-c2[nH]nc3ncc(-c4cncc(NC(=O)CC(C)C)c4)cc23)[nH]c1C. The van der Waals surface area contributed by atoms with Crippen LogP contribution in [0.5, 0.6) is 0 Å². The molecule has 4 aromatic rings. The van der Waals surface area contributed by atoms with Crippen LogP contribution in [0, 0.1) is 12.8 Å². The van der Waals surface area contributed by atoms with Crippen molar-refractivity contribution in [2.75, 3.05) is 12.4 Å². The van der Waals surface area contributed by atoms with Gasteiger partial charge in [-0.05, 0) is 31.1 Å². The Labute approximate surface area is 208 Å². The maximum absolute atomic E-state index is 12.4. The Morgan fingerprint density at radius 1 is 1.17 bits per heavy atom. The first-order valence-electron chi connectivity index (χ1n) is 11.5. The van der Waals surface area contributed by atoms with E-state index >= 15 is 0 Å². The Bertz CT molecular complexity index is 1480. The van der Waals surface area contributed by atoms with Crippen LogP contribution in [0.2, 0.25) is 0 Å². The van der Waals surface area contributed by atoms with Gasteiger partial charge < -0.3 is 15.6 Å². The number of aromatic amines is 2. The predicted molar refractivity (Wildman–Crippen MR) is 140 cm³/mol. The Balaban J connectivity index is 1.71. The van der Waals surface area contributed by atoms with Gasteiger partial charge in [-0.25, -0.2) is 9.97 Å². The maximum atomic E-state index is 12.4. The Kier molecular flexibility index (Phi) is 7.05. The first-order chi connectivity index (χ1) is 17.3. The van der Waals surface area contributed by atoms with E-state index in [-0.39, 0.29) is 17.7 Å². The number of rotatable bonds is 8. The number of H-pyrrole nitrogens is 2. The molecule has 4 aromatic heterocycles. The fraction of sp³-hybridized carbons (Fsp3) is 0.231. The first kappa shape index (κ1) is 24.5. The number of hydrogen-bond acceptors (Lipinski definition) is 6. The van der Waals surface area contributed by atoms with E-state index in [2.05, 4.69) is 47.3 Å². The molecule has 2 amide bonds. The molecule has 4 heterocycles. The van der Waals surface area contributed by atoms with Gasteiger partial charge in [-0.2, -0.15) is 5.10 Å². The van der Waals surface area contributed by atoms with Crippen LogP contribution in [0.3, 0.4) is 0 Å². The van der Waals surface area contributed by atoms with E-state index in [1.54, 1.807) is 37.8 Å². The summed E-state index contributed by atoms with van der Waals surface area (Å²) in [7, 11) is 1.57. The summed E-state index contributed by atoms with van der Waals surface area (Å²) in [5.74, 6) is 0.468. The molecule has 4 rings (SSSR count). The lowest BCUT2D eigenvalue weighted by Crippen LogP contribution is -2.19. The number of nitrogens with zero attached hydrogens (tertiary/aromatic N) is 4. The molecule has 0 unspecified atom stereocenters. The van der Waals surface area contributed by atoms with Crippen molar-refractivity contribution in [3.8, 4) is 22.6 Å². The summed E-state index contributed by atoms with van der Waals surface area (Å²) in [5.41, 5.74) is 5.02. The van der Waals surface area contributed by atoms with Crippen LogP contribution < -0.4 is 10.6 Å². The number of imidazole rings is 1. The fourth-order valence-electron chi connectivity index (χ4n) is 3.84. The number of fused-ring (bicyclic) bond motifs is 1. The minimum Gasteiger partial charge on any atom is -0.355 e. The van der Waals surface area contributed by atoms with E-state index in [9.17, 15) is 9.59 Å². The molecule has 4 N–H and O–H groups in total. The summed E-state index contributed by atoms with van der Waals surface area (Å²) in [6.45, 7) is 9.53. The minimum absolute atomic E-state index is 0.0553. The molecule has 0 saturated carbocycles. The van der Waals surface area contributed by atoms with Crippen molar-refractivity contribution < 1.29 is 9.59 Å². The lowest BCUT2D eigenvalue weighted by Gasteiger charge is -2.08. The van der Waals surface area contributed by atoms with Crippen molar-refractivity contribution in [1.82, 2.24) is 35.5 Å². The number of carbonyl (C=O) groups is 2. The zero-order chi connectivity index (χ0) is 25.8. The highest BCUT2D eigenvalue weighted by Gasteiger charge is 2.20. The van der Waals surface area contributed by atoms with Crippen LogP contribution in [0.1, 0.15) is 31.7 Å². The number of aromatic nitrogens is 6. The lowest BCUT2D eigenvalue weighted by molar-refractivity contribution is -0.117. The summed E-state index contributed by atoms with van der Waals surface area (Å²) >= 11 is 0. The molecule has 0 atom stereocenters. The number of likely N-dealkylation sites (N-methyl/N-ethyl adjacent to an activating group) is 1. The predicted octanol–water partition coefficient (Wildman–Crippen LogP) is 4.02. The molecule has 10 nitrogen and oxygen atoms in total. The van der Waals surface area contributed by atoms with Gasteiger partial charge in [0.05, 0.1) is 28.5 Å². The summed E-state index contributed by atoms with van der Waals surface area (Å²) < 4.78 is 0. The van der Waals surface area contributed by atoms with Crippen molar-refractivity contribution in [2.45, 2.75) is 27.2 Å². The summed E-state index contributed by atoms with van der Waals surface area (Å²) in [6.07, 6.45) is 8.64. The van der Waals surface area contributed by atoms with Crippen molar-refractivity contribution >= 4 is 34.1 Å². The van der Waals surface area contributed by atoms with Crippen LogP contribution in [-0.2, 0) is 9.59 Å². The number of amides is 2. The molecule has 36 heavy (non-hydrogen) atoms. The third kappa shape index (κ3) is 5.07. The average molecular weight is 485 g/mol. The second-order valence-corrected chi connectivity index (χ2v) is 8.76. The zero-order valence-corrected chi connectivity index (χ0v) is 20.6. The van der Waals surface area contributed by atoms with Crippen molar-refractivity contribution in [2.24, 2.45) is 5.92 Å². The van der Waals surface area contributed by atoms with Gasteiger partial charge in [0.1, 0.15) is 5.69 Å². The zero-order valence-electron chi connectivity index (χ0n) is 20.6. The number of carbonyl (C=O) groups excluding carboxylic acids is 2. The molecule has 0 bridgehead atoms. The Morgan fingerprint density at radius 3 is 2.67 bits per heavy atom. The molecule has 0 radical (unpaired) electrons. The molecule has 0 fully saturated rings. The lowest BCUT2D eigenvalue weighted by atomic mass is 10.1. The fourth-order valence-corrected chi connectivity index (χ4v) is 3.84. The van der Waals surface area contributed by atoms with Crippen molar-refractivity contribution in [3.63, 3.8) is 0 Å². The van der Waals surface area contributed by atoms with Crippen molar-refractivity contribution in [1.29, 1.82) is 0 Å². The monoisotopic (exact) mass is 484 g/mol. The summed E-state index contributed by atoms with van der Waals surface area (Å²) in [4.78, 5) is 41.2. The van der Waals surface area contributed by atoms with Crippen LogP contribution in [-0.4, -0.2) is 49.0 Å². The largest absolute Gasteiger partial charge is 0.355 e. The quantitative estimate of drug-likeness (QED) is 0.220. The number of anilines is 1. The van der Waals surface area contributed by atoms with Gasteiger partial charge in [-0.1, -0.05) is 26.5 Å². The van der Waals surface area contributed by atoms with E-state index < -0.39 is 0 Å². The average Bonchev–Trinajstić information content (AvgIpc) is 3.44. The first-order valence-corrected chi connectivity index (χ1v) is 11.5. The van der Waals surface area contributed by atoms with E-state index in [1.165, 1.54) is 0 Å². The van der Waals surface area contributed by atoms with E-state index in [0.717, 1.165) is 22.2 Å². The number of hydrogen-bond donors (Lipinski definition) is 4. The van der Waals surface area contributed by atoms with Crippen LogP contribution >= 0.6 is 0 Å². The van der Waals surface area contributed by atoms with Gasteiger partial charge in [0.2, 0.25) is 5.91 Å². The topological polar surface area (TPSA) is 141 Å². The molecule has 0 saturated heterocycles. The Morgan fingerprint density at radius 2 is 1.94 bits per heavy atom. The summed E-state index contributed by atoms with van der Waals surface area (Å²) in [6, 6.07) is 3.80. The number of allylic oxidation sites excluding steroid dienone is 2. The normalized spacial score (nSPS) is 11.6. The van der Waals surface area contributed by atoms with E-state index in [4.69, 9.17) is 0 Å². The van der Waals surface area contributed by atoms with Crippen LogP contribution in [0.15, 0.2) is 49.5 Å². The van der Waals surface area contributed by atoms with Crippen LogP contribution in [0.25, 0.3) is 39.3 Å².